The van der Waals surface area contributed by atoms with Gasteiger partial charge in [-0.3, -0.25) is 0 Å². The van der Waals surface area contributed by atoms with E-state index in [1.165, 1.54) is 24.8 Å². The summed E-state index contributed by atoms with van der Waals surface area (Å²) in [5, 5.41) is 0. The third-order valence-electron chi connectivity index (χ3n) is 6.54. The highest BCUT2D eigenvalue weighted by Crippen LogP contribution is 2.59. The lowest BCUT2D eigenvalue weighted by atomic mass is 9.51. The molecule has 4 heteroatoms. The lowest BCUT2D eigenvalue weighted by Gasteiger charge is -2.54. The molecular weight excluding hydrogens is 315 g/mol. The summed E-state index contributed by atoms with van der Waals surface area (Å²) < 4.78 is 18.4. The van der Waals surface area contributed by atoms with Crippen LogP contribution in [0.15, 0.2) is 42.4 Å². The van der Waals surface area contributed by atoms with Gasteiger partial charge in [0.2, 0.25) is 0 Å². The Kier molecular flexibility index (Phi) is 4.92. The molecule has 0 saturated heterocycles. The second kappa shape index (κ2) is 6.83. The Morgan fingerprint density at radius 3 is 2.36 bits per heavy atom. The molecule has 0 aromatic heterocycles. The zero-order valence-electron chi connectivity index (χ0n) is 15.1. The van der Waals surface area contributed by atoms with Gasteiger partial charge >= 0.3 is 0 Å². The summed E-state index contributed by atoms with van der Waals surface area (Å²) in [7, 11) is 0. The Balaban J connectivity index is 1.75. The van der Waals surface area contributed by atoms with E-state index in [4.69, 9.17) is 16.2 Å². The molecule has 0 heterocycles. The van der Waals surface area contributed by atoms with Crippen molar-refractivity contribution in [1.29, 1.82) is 0 Å². The molecule has 136 valence electrons. The number of aryl methyl sites for hydroxylation is 1. The van der Waals surface area contributed by atoms with E-state index >= 15 is 0 Å². The van der Waals surface area contributed by atoms with E-state index in [1.807, 2.05) is 6.07 Å². The van der Waals surface area contributed by atoms with E-state index in [2.05, 4.69) is 25.6 Å². The van der Waals surface area contributed by atoms with Crippen LogP contribution in [-0.2, 0) is 5.41 Å². The van der Waals surface area contributed by atoms with Gasteiger partial charge in [0.1, 0.15) is 12.4 Å². The fourth-order valence-electron chi connectivity index (χ4n) is 4.55. The SMILES string of the molecule is C=C(N)C12CCC(c3ccc(OC/C(=C/F)CN)c(C)c3)(CC1)CC2. The van der Waals surface area contributed by atoms with Crippen LogP contribution in [0.2, 0.25) is 0 Å². The highest BCUT2D eigenvalue weighted by atomic mass is 19.1. The van der Waals surface area contributed by atoms with Gasteiger partial charge in [-0.25, -0.2) is 4.39 Å². The summed E-state index contributed by atoms with van der Waals surface area (Å²) in [4.78, 5) is 0. The van der Waals surface area contributed by atoms with Gasteiger partial charge in [0, 0.05) is 23.2 Å². The van der Waals surface area contributed by atoms with E-state index in [9.17, 15) is 4.39 Å². The number of hydrogen-bond acceptors (Lipinski definition) is 3. The number of rotatable bonds is 6. The van der Waals surface area contributed by atoms with Crippen LogP contribution in [0, 0.1) is 12.3 Å². The van der Waals surface area contributed by atoms with Crippen LogP contribution in [0.3, 0.4) is 0 Å². The molecule has 3 aliphatic carbocycles. The van der Waals surface area contributed by atoms with Gasteiger partial charge in [0.05, 0.1) is 6.33 Å². The van der Waals surface area contributed by atoms with Gasteiger partial charge < -0.3 is 16.2 Å². The van der Waals surface area contributed by atoms with Crippen molar-refractivity contribution in [3.8, 4) is 5.75 Å². The van der Waals surface area contributed by atoms with Crippen molar-refractivity contribution in [3.05, 3.63) is 53.5 Å². The van der Waals surface area contributed by atoms with Crippen molar-refractivity contribution < 1.29 is 9.13 Å². The van der Waals surface area contributed by atoms with E-state index in [0.29, 0.717) is 11.9 Å². The van der Waals surface area contributed by atoms with Crippen LogP contribution >= 0.6 is 0 Å². The molecule has 3 nitrogen and oxygen atoms in total. The number of halogens is 1. The van der Waals surface area contributed by atoms with E-state index in [1.54, 1.807) is 0 Å². The summed E-state index contributed by atoms with van der Waals surface area (Å²) in [5.41, 5.74) is 15.8. The van der Waals surface area contributed by atoms with Gasteiger partial charge in [-0.1, -0.05) is 18.7 Å². The zero-order valence-corrected chi connectivity index (χ0v) is 15.1. The molecule has 3 fully saturated rings. The number of allylic oxidation sites excluding steroid dienone is 1. The third-order valence-corrected chi connectivity index (χ3v) is 6.54. The van der Waals surface area contributed by atoms with Crippen molar-refractivity contribution in [2.75, 3.05) is 13.2 Å². The summed E-state index contributed by atoms with van der Waals surface area (Å²) in [6.07, 6.45) is 7.47. The minimum Gasteiger partial charge on any atom is -0.489 e. The molecule has 0 aliphatic heterocycles. The number of nitrogens with two attached hydrogens (primary N) is 2. The van der Waals surface area contributed by atoms with Crippen LogP contribution in [0.4, 0.5) is 4.39 Å². The maximum atomic E-state index is 12.6. The molecule has 25 heavy (non-hydrogen) atoms. The molecule has 2 bridgehead atoms. The lowest BCUT2D eigenvalue weighted by molar-refractivity contribution is 0.0688. The number of benzene rings is 1. The fraction of sp³-hybridized carbons (Fsp3) is 0.524. The van der Waals surface area contributed by atoms with Gasteiger partial charge in [0.15, 0.2) is 0 Å². The molecule has 0 radical (unpaired) electrons. The Morgan fingerprint density at radius 2 is 1.88 bits per heavy atom. The van der Waals surface area contributed by atoms with Crippen LogP contribution < -0.4 is 16.2 Å². The van der Waals surface area contributed by atoms with Gasteiger partial charge in [-0.05, 0) is 68.1 Å². The maximum Gasteiger partial charge on any atom is 0.122 e. The number of fused-ring (bicyclic) bond motifs is 3. The van der Waals surface area contributed by atoms with Crippen LogP contribution in [0.5, 0.6) is 5.75 Å². The van der Waals surface area contributed by atoms with Crippen molar-refractivity contribution in [1.82, 2.24) is 0 Å². The van der Waals surface area contributed by atoms with Gasteiger partial charge in [0.25, 0.3) is 0 Å². The largest absolute Gasteiger partial charge is 0.489 e. The molecule has 3 saturated carbocycles. The molecular formula is C21H29FN2O. The molecule has 0 unspecified atom stereocenters. The summed E-state index contributed by atoms with van der Waals surface area (Å²) in [5.74, 6) is 0.796. The van der Waals surface area contributed by atoms with Crippen LogP contribution in [0.1, 0.15) is 49.7 Å². The third kappa shape index (κ3) is 3.20. The minimum absolute atomic E-state index is 0.172. The quantitative estimate of drug-likeness (QED) is 0.811. The smallest absolute Gasteiger partial charge is 0.122 e. The summed E-state index contributed by atoms with van der Waals surface area (Å²) >= 11 is 0. The molecule has 1 aromatic rings. The fourth-order valence-corrected chi connectivity index (χ4v) is 4.55. The first kappa shape index (κ1) is 18.0. The van der Waals surface area contributed by atoms with Gasteiger partial charge in [-0.2, -0.15) is 0 Å². The number of hydrogen-bond donors (Lipinski definition) is 2. The highest BCUT2D eigenvalue weighted by molar-refractivity contribution is 5.41. The van der Waals surface area contributed by atoms with Crippen molar-refractivity contribution in [2.45, 2.75) is 50.9 Å². The summed E-state index contributed by atoms with van der Waals surface area (Å²) in [6, 6.07) is 6.44. The second-order valence-corrected chi connectivity index (χ2v) is 7.83. The molecule has 0 spiro atoms. The lowest BCUT2D eigenvalue weighted by Crippen LogP contribution is -2.46. The van der Waals surface area contributed by atoms with Crippen LogP contribution in [-0.4, -0.2) is 13.2 Å². The molecule has 1 aromatic carbocycles. The first-order valence-corrected chi connectivity index (χ1v) is 9.12. The molecule has 0 amide bonds. The second-order valence-electron chi connectivity index (χ2n) is 7.83. The Morgan fingerprint density at radius 1 is 1.24 bits per heavy atom. The molecule has 4 rings (SSSR count). The van der Waals surface area contributed by atoms with Crippen molar-refractivity contribution >= 4 is 0 Å². The Bertz CT molecular complexity index is 671. The predicted octanol–water partition coefficient (Wildman–Crippen LogP) is 4.25. The summed E-state index contributed by atoms with van der Waals surface area (Å²) in [6.45, 7) is 6.45. The predicted molar refractivity (Wildman–Crippen MR) is 100 cm³/mol. The van der Waals surface area contributed by atoms with Gasteiger partial charge in [-0.15, -0.1) is 0 Å². The highest BCUT2D eigenvalue weighted by Gasteiger charge is 2.50. The van der Waals surface area contributed by atoms with E-state index in [-0.39, 0.29) is 24.0 Å². The normalized spacial score (nSPS) is 28.8. The van der Waals surface area contributed by atoms with E-state index in [0.717, 1.165) is 36.3 Å². The standard InChI is InChI=1S/C21H29FN2O/c1-15-11-18(3-4-19(15)25-14-17(12-22)13-23)21-8-5-20(6-9-21,7-10-21)16(2)24/h3-4,11-12H,2,5-10,13-14,23-24H2,1H3/b17-12+. The Hall–Kier alpha value is -1.81. The molecule has 3 aliphatic rings. The van der Waals surface area contributed by atoms with Crippen molar-refractivity contribution in [3.63, 3.8) is 0 Å². The average molecular weight is 344 g/mol. The average Bonchev–Trinajstić information content (AvgIpc) is 2.65. The molecule has 0 atom stereocenters. The first-order chi connectivity index (χ1) is 11.9. The zero-order chi connectivity index (χ0) is 18.1. The maximum absolute atomic E-state index is 12.6. The number of ether oxygens (including phenoxy) is 1. The first-order valence-electron chi connectivity index (χ1n) is 9.12. The van der Waals surface area contributed by atoms with E-state index < -0.39 is 0 Å². The Labute approximate surface area is 149 Å². The topological polar surface area (TPSA) is 61.3 Å². The van der Waals surface area contributed by atoms with Crippen molar-refractivity contribution in [2.24, 2.45) is 16.9 Å². The molecule has 4 N–H and O–H groups in total. The monoisotopic (exact) mass is 344 g/mol. The minimum atomic E-state index is 0.172. The van der Waals surface area contributed by atoms with Crippen LogP contribution in [0.25, 0.3) is 0 Å².